The number of amides is 1. The highest BCUT2D eigenvalue weighted by Crippen LogP contribution is 2.43. The second-order valence-corrected chi connectivity index (χ2v) is 26.2. The molecular weight excluding hydrogens is 863 g/mol. The molecule has 0 bridgehead atoms. The monoisotopic (exact) mass is 927 g/mol. The molecule has 1 aliphatic heterocycles. The molecule has 3 atom stereocenters. The average molecular weight is 928 g/mol. The Balaban J connectivity index is 1.27. The summed E-state index contributed by atoms with van der Waals surface area (Å²) in [5.74, 6) is -0.256. The normalized spacial score (nSPS) is 19.6. The van der Waals surface area contributed by atoms with Gasteiger partial charge in [0, 0.05) is 34.0 Å². The molecule has 15 heteroatoms. The Morgan fingerprint density at radius 3 is 2.24 bits per heavy atom. The number of ether oxygens (including phenoxy) is 3. The molecule has 1 fully saturated rings. The number of carbonyl (C=O) groups excluding carboxylic acids is 2. The summed E-state index contributed by atoms with van der Waals surface area (Å²) in [6.45, 7) is 23.5. The molecule has 2 aromatic carbocycles. The van der Waals surface area contributed by atoms with Gasteiger partial charge in [-0.3, -0.25) is 4.90 Å². The number of nitrogens with zero attached hydrogens (tertiary/aromatic N) is 3. The molecule has 340 valence electrons. The lowest BCUT2D eigenvalue weighted by Crippen LogP contribution is -2.52. The van der Waals surface area contributed by atoms with Gasteiger partial charge in [0.05, 0.1) is 32.8 Å². The third-order valence-electron chi connectivity index (χ3n) is 11.1. The van der Waals surface area contributed by atoms with Crippen LogP contribution in [0.5, 0.6) is 0 Å². The SMILES string of the molecule is CC(C)CN(C[C@H]1OC(C)(C)N(C(=O)OC(C)(C)C)[C@H]1Cc1ccc(CCc2sc3c(c2C(=O)OC(C)(C)C)CC(C)(C)CC3)cc1)S(=O)(=O)c1ccc2nc([S+](C)[O-])sc2c1. The van der Waals surface area contributed by atoms with Gasteiger partial charge in [0.25, 0.3) is 0 Å². The molecule has 2 aromatic heterocycles. The fourth-order valence-electron chi connectivity index (χ4n) is 8.37. The summed E-state index contributed by atoms with van der Waals surface area (Å²) in [6.07, 6.45) is 5.07. The van der Waals surface area contributed by atoms with Crippen LogP contribution in [0.15, 0.2) is 51.7 Å². The van der Waals surface area contributed by atoms with Crippen molar-refractivity contribution in [2.24, 2.45) is 11.3 Å². The van der Waals surface area contributed by atoms with Crippen LogP contribution in [0, 0.1) is 11.3 Å². The second-order valence-electron chi connectivity index (χ2n) is 20.5. The standard InChI is InChI=1S/C47H65N3O8S4/c1-29(2)27-49(62(54,55)32-19-20-34-39(25-32)60-42(48-34)61(13)53)28-36-35(50(47(11,12)56-36)43(52)58-45(6,7)8)24-31-16-14-30(15-17-31)18-21-38-40(41(51)57-44(3,4)5)33-26-46(9,10)23-22-37(33)59-38/h14-17,19-20,25,29,35-36H,18,21-24,26-28H2,1-13H3/t35-,36+,61?/m0/s1. The number of aromatic nitrogens is 1. The quantitative estimate of drug-likeness (QED) is 0.0948. The van der Waals surface area contributed by atoms with Gasteiger partial charge in [-0.25, -0.2) is 18.0 Å². The number of hydrogen-bond acceptors (Lipinski definition) is 11. The minimum absolute atomic E-state index is 0.00109. The number of fused-ring (bicyclic) bond motifs is 2. The van der Waals surface area contributed by atoms with E-state index >= 15 is 0 Å². The Bertz CT molecular complexity index is 2370. The average Bonchev–Trinajstić information content (AvgIpc) is 3.79. The van der Waals surface area contributed by atoms with Crippen LogP contribution in [0.1, 0.15) is 126 Å². The number of aryl methyl sites for hydroxylation is 3. The van der Waals surface area contributed by atoms with Crippen LogP contribution < -0.4 is 0 Å². The molecule has 1 saturated heterocycles. The van der Waals surface area contributed by atoms with Crippen molar-refractivity contribution in [3.8, 4) is 0 Å². The molecule has 11 nitrogen and oxygen atoms in total. The van der Waals surface area contributed by atoms with Crippen molar-refractivity contribution >= 4 is 66.2 Å². The third-order valence-corrected chi connectivity index (χ3v) is 16.6. The van der Waals surface area contributed by atoms with Crippen LogP contribution in [0.3, 0.4) is 0 Å². The Hall–Kier alpha value is -3.05. The van der Waals surface area contributed by atoms with E-state index < -0.39 is 56.4 Å². The molecule has 6 rings (SSSR count). The van der Waals surface area contributed by atoms with Crippen molar-refractivity contribution in [2.45, 2.75) is 160 Å². The van der Waals surface area contributed by atoms with E-state index in [2.05, 4.69) is 43.1 Å². The van der Waals surface area contributed by atoms with Crippen LogP contribution in [0.25, 0.3) is 10.2 Å². The fraction of sp³-hybridized carbons (Fsp3) is 0.596. The van der Waals surface area contributed by atoms with E-state index in [1.807, 2.05) is 69.2 Å². The second kappa shape index (κ2) is 18.1. The molecule has 0 N–H and O–H groups in total. The topological polar surface area (TPSA) is 138 Å². The van der Waals surface area contributed by atoms with E-state index in [1.54, 1.807) is 40.7 Å². The van der Waals surface area contributed by atoms with Gasteiger partial charge in [0.2, 0.25) is 10.0 Å². The van der Waals surface area contributed by atoms with Crippen LogP contribution in [0.4, 0.5) is 4.79 Å². The Morgan fingerprint density at radius 2 is 1.63 bits per heavy atom. The van der Waals surface area contributed by atoms with Crippen LogP contribution in [-0.2, 0) is 67.5 Å². The largest absolute Gasteiger partial charge is 0.610 e. The summed E-state index contributed by atoms with van der Waals surface area (Å²) in [5.41, 5.74) is 2.21. The number of sulfonamides is 1. The van der Waals surface area contributed by atoms with Crippen molar-refractivity contribution in [2.75, 3.05) is 19.3 Å². The van der Waals surface area contributed by atoms with Crippen molar-refractivity contribution in [3.05, 3.63) is 74.5 Å². The first kappa shape index (κ1) is 48.4. The number of benzene rings is 2. The summed E-state index contributed by atoms with van der Waals surface area (Å²) in [7, 11) is -4.05. The van der Waals surface area contributed by atoms with Gasteiger partial charge in [0.15, 0.2) is 0 Å². The van der Waals surface area contributed by atoms with E-state index in [1.165, 1.54) is 20.5 Å². The van der Waals surface area contributed by atoms with Crippen molar-refractivity contribution in [3.63, 3.8) is 0 Å². The number of rotatable bonds is 13. The number of thiophene rings is 1. The molecule has 4 aromatic rings. The lowest BCUT2D eigenvalue weighted by molar-refractivity contribution is -0.0807. The Morgan fingerprint density at radius 1 is 0.984 bits per heavy atom. The van der Waals surface area contributed by atoms with Gasteiger partial charge < -0.3 is 18.8 Å². The molecule has 1 unspecified atom stereocenters. The van der Waals surface area contributed by atoms with Crippen LogP contribution in [0.2, 0.25) is 0 Å². The molecular formula is C47H65N3O8S4. The summed E-state index contributed by atoms with van der Waals surface area (Å²) in [6, 6.07) is 12.5. The van der Waals surface area contributed by atoms with E-state index in [9.17, 15) is 22.6 Å². The minimum atomic E-state index is -4.05. The Labute approximate surface area is 380 Å². The molecule has 2 aliphatic rings. The van der Waals surface area contributed by atoms with Gasteiger partial charge in [-0.2, -0.15) is 9.29 Å². The van der Waals surface area contributed by atoms with Gasteiger partial charge in [0.1, 0.15) is 23.2 Å². The summed E-state index contributed by atoms with van der Waals surface area (Å²) >= 11 is 1.68. The van der Waals surface area contributed by atoms with Gasteiger partial charge in [-0.1, -0.05) is 63.3 Å². The summed E-state index contributed by atoms with van der Waals surface area (Å²) < 4.78 is 62.4. The number of esters is 1. The summed E-state index contributed by atoms with van der Waals surface area (Å²) in [4.78, 5) is 36.2. The zero-order valence-corrected chi connectivity index (χ0v) is 41.9. The van der Waals surface area contributed by atoms with Gasteiger partial charge >= 0.3 is 16.4 Å². The third kappa shape index (κ3) is 11.4. The molecule has 62 heavy (non-hydrogen) atoms. The lowest BCUT2D eigenvalue weighted by atomic mass is 9.76. The highest BCUT2D eigenvalue weighted by molar-refractivity contribution is 7.92. The predicted octanol–water partition coefficient (Wildman–Crippen LogP) is 9.98. The van der Waals surface area contributed by atoms with Crippen molar-refractivity contribution in [1.29, 1.82) is 0 Å². The van der Waals surface area contributed by atoms with E-state index in [0.29, 0.717) is 27.4 Å². The zero-order valence-electron chi connectivity index (χ0n) is 38.7. The van der Waals surface area contributed by atoms with E-state index in [-0.39, 0.29) is 35.3 Å². The first-order valence-electron chi connectivity index (χ1n) is 21.5. The van der Waals surface area contributed by atoms with Gasteiger partial charge in [-0.15, -0.1) is 11.3 Å². The molecule has 1 amide bonds. The summed E-state index contributed by atoms with van der Waals surface area (Å²) in [5, 5.41) is 0. The van der Waals surface area contributed by atoms with E-state index in [0.717, 1.165) is 52.8 Å². The first-order valence-corrected chi connectivity index (χ1v) is 26.1. The molecule has 1 aliphatic carbocycles. The number of thiazole rings is 1. The van der Waals surface area contributed by atoms with Crippen molar-refractivity contribution in [1.82, 2.24) is 14.2 Å². The molecule has 0 spiro atoms. The van der Waals surface area contributed by atoms with Crippen LogP contribution in [-0.4, -0.2) is 87.6 Å². The maximum absolute atomic E-state index is 14.5. The fourth-order valence-corrected chi connectivity index (χ4v) is 13.1. The van der Waals surface area contributed by atoms with Gasteiger partial charge in [-0.05, 0) is 140 Å². The first-order chi connectivity index (χ1) is 28.6. The number of carbonyl (C=O) groups is 2. The van der Waals surface area contributed by atoms with E-state index in [4.69, 9.17) is 14.2 Å². The van der Waals surface area contributed by atoms with Crippen LogP contribution >= 0.6 is 22.7 Å². The molecule has 3 heterocycles. The highest BCUT2D eigenvalue weighted by atomic mass is 32.2. The smallest absolute Gasteiger partial charge is 0.412 e. The Kier molecular flexibility index (Phi) is 14.1. The van der Waals surface area contributed by atoms with Crippen molar-refractivity contribution < 1.29 is 36.8 Å². The lowest BCUT2D eigenvalue weighted by Gasteiger charge is -2.35. The predicted molar refractivity (Wildman–Crippen MR) is 249 cm³/mol. The number of hydrogen-bond donors (Lipinski definition) is 0. The highest BCUT2D eigenvalue weighted by Gasteiger charge is 2.52. The zero-order chi connectivity index (χ0) is 45.7. The minimum Gasteiger partial charge on any atom is -0.610 e. The maximum Gasteiger partial charge on any atom is 0.412 e. The molecule has 0 radical (unpaired) electrons. The molecule has 0 saturated carbocycles. The maximum atomic E-state index is 14.5.